The number of carbonyl (C=O) groups is 3. The molecule has 0 bridgehead atoms. The number of ether oxygens (including phenoxy) is 1. The van der Waals surface area contributed by atoms with Crippen molar-refractivity contribution in [2.45, 2.75) is 20.8 Å². The lowest BCUT2D eigenvalue weighted by atomic mass is 10.2. The molecule has 0 radical (unpaired) electrons. The zero-order chi connectivity index (χ0) is 19.8. The fourth-order valence-electron chi connectivity index (χ4n) is 2.16. The molecule has 7 heteroatoms. The summed E-state index contributed by atoms with van der Waals surface area (Å²) in [5.74, 6) is -0.146. The van der Waals surface area contributed by atoms with Crippen LogP contribution in [0.15, 0.2) is 48.5 Å². The highest BCUT2D eigenvalue weighted by Gasteiger charge is 2.10. The molecule has 2 rings (SSSR count). The van der Waals surface area contributed by atoms with Gasteiger partial charge < -0.3 is 10.1 Å². The highest BCUT2D eigenvalue weighted by Crippen LogP contribution is 2.14. The second kappa shape index (κ2) is 9.38. The lowest BCUT2D eigenvalue weighted by molar-refractivity contribution is -0.114. The van der Waals surface area contributed by atoms with Crippen LogP contribution in [0.2, 0.25) is 0 Å². The molecule has 0 fully saturated rings. The lowest BCUT2D eigenvalue weighted by Gasteiger charge is -2.11. The van der Waals surface area contributed by atoms with Gasteiger partial charge >= 0.3 is 0 Å². The number of amides is 3. The number of hydrazine groups is 1. The van der Waals surface area contributed by atoms with Crippen molar-refractivity contribution < 1.29 is 19.1 Å². The van der Waals surface area contributed by atoms with E-state index >= 15 is 0 Å². The number of nitrogens with one attached hydrogen (secondary N) is 3. The molecule has 0 aliphatic carbocycles. The van der Waals surface area contributed by atoms with Crippen LogP contribution in [-0.4, -0.2) is 24.3 Å². The van der Waals surface area contributed by atoms with Crippen molar-refractivity contribution in [3.63, 3.8) is 0 Å². The van der Waals surface area contributed by atoms with Crippen molar-refractivity contribution in [3.8, 4) is 5.75 Å². The van der Waals surface area contributed by atoms with Crippen LogP contribution in [0.1, 0.15) is 41.5 Å². The zero-order valence-electron chi connectivity index (χ0n) is 15.5. The molecule has 27 heavy (non-hydrogen) atoms. The zero-order valence-corrected chi connectivity index (χ0v) is 15.5. The van der Waals surface area contributed by atoms with Crippen LogP contribution < -0.4 is 20.9 Å². The van der Waals surface area contributed by atoms with Gasteiger partial charge in [0.05, 0.1) is 6.61 Å². The first kappa shape index (κ1) is 20.0. The van der Waals surface area contributed by atoms with Gasteiger partial charge in [0.2, 0.25) is 5.91 Å². The Morgan fingerprint density at radius 2 is 1.56 bits per heavy atom. The molecule has 0 aliphatic heterocycles. The first-order valence-corrected chi connectivity index (χ1v) is 8.56. The van der Waals surface area contributed by atoms with Crippen LogP contribution in [-0.2, 0) is 4.79 Å². The number of benzene rings is 2. The number of hydrogen-bond acceptors (Lipinski definition) is 4. The van der Waals surface area contributed by atoms with Crippen molar-refractivity contribution in [1.29, 1.82) is 0 Å². The quantitative estimate of drug-likeness (QED) is 0.682. The topological polar surface area (TPSA) is 96.5 Å². The SMILES string of the molecule is CC(=O)Nc1ccc(C(=O)NNC(=O)c2cccc(OCC(C)C)c2)cc1. The van der Waals surface area contributed by atoms with Crippen molar-refractivity contribution in [3.05, 3.63) is 59.7 Å². The molecular weight excluding hydrogens is 346 g/mol. The normalized spacial score (nSPS) is 10.2. The fourth-order valence-corrected chi connectivity index (χ4v) is 2.16. The molecule has 2 aromatic rings. The number of hydrogen-bond donors (Lipinski definition) is 3. The van der Waals surface area contributed by atoms with Gasteiger partial charge in [0.25, 0.3) is 11.8 Å². The van der Waals surface area contributed by atoms with Gasteiger partial charge in [0.15, 0.2) is 0 Å². The Balaban J connectivity index is 1.91. The van der Waals surface area contributed by atoms with E-state index in [1.165, 1.54) is 6.92 Å². The average Bonchev–Trinajstić information content (AvgIpc) is 2.64. The highest BCUT2D eigenvalue weighted by atomic mass is 16.5. The number of anilines is 1. The summed E-state index contributed by atoms with van der Waals surface area (Å²) in [6.07, 6.45) is 0. The predicted molar refractivity (Wildman–Crippen MR) is 102 cm³/mol. The minimum atomic E-state index is -0.468. The first-order chi connectivity index (χ1) is 12.8. The Hall–Kier alpha value is -3.35. The van der Waals surface area contributed by atoms with Gasteiger partial charge in [-0.2, -0.15) is 0 Å². The second-order valence-corrected chi connectivity index (χ2v) is 6.40. The largest absolute Gasteiger partial charge is 0.493 e. The van der Waals surface area contributed by atoms with Crippen LogP contribution in [0.5, 0.6) is 5.75 Å². The summed E-state index contributed by atoms with van der Waals surface area (Å²) in [4.78, 5) is 35.3. The molecule has 0 unspecified atom stereocenters. The smallest absolute Gasteiger partial charge is 0.269 e. The summed E-state index contributed by atoms with van der Waals surface area (Å²) in [6.45, 7) is 6.03. The summed E-state index contributed by atoms with van der Waals surface area (Å²) in [5.41, 5.74) is 6.04. The summed E-state index contributed by atoms with van der Waals surface area (Å²) in [5, 5.41) is 2.61. The maximum Gasteiger partial charge on any atom is 0.269 e. The molecular formula is C20H23N3O4. The molecule has 0 saturated carbocycles. The Morgan fingerprint density at radius 1 is 0.926 bits per heavy atom. The van der Waals surface area contributed by atoms with E-state index in [9.17, 15) is 14.4 Å². The third-order valence-corrected chi connectivity index (χ3v) is 3.44. The van der Waals surface area contributed by atoms with Crippen molar-refractivity contribution in [1.82, 2.24) is 10.9 Å². The van der Waals surface area contributed by atoms with Gasteiger partial charge in [-0.3, -0.25) is 25.2 Å². The number of carbonyl (C=O) groups excluding carboxylic acids is 3. The molecule has 2 aromatic carbocycles. The number of rotatable bonds is 6. The third-order valence-electron chi connectivity index (χ3n) is 3.44. The molecule has 0 heterocycles. The fraction of sp³-hybridized carbons (Fsp3) is 0.250. The standard InChI is InChI=1S/C20H23N3O4/c1-13(2)12-27-18-6-4-5-16(11-18)20(26)23-22-19(25)15-7-9-17(10-8-15)21-14(3)24/h4-11,13H,12H2,1-3H3,(H,21,24)(H,22,25)(H,23,26). The summed E-state index contributed by atoms with van der Waals surface area (Å²) < 4.78 is 5.59. The maximum absolute atomic E-state index is 12.2. The van der Waals surface area contributed by atoms with Gasteiger partial charge in [-0.05, 0) is 48.4 Å². The van der Waals surface area contributed by atoms with E-state index in [0.29, 0.717) is 35.1 Å². The van der Waals surface area contributed by atoms with E-state index in [1.54, 1.807) is 48.5 Å². The van der Waals surface area contributed by atoms with Gasteiger partial charge in [-0.15, -0.1) is 0 Å². The lowest BCUT2D eigenvalue weighted by Crippen LogP contribution is -2.41. The Labute approximate surface area is 158 Å². The monoisotopic (exact) mass is 369 g/mol. The molecule has 7 nitrogen and oxygen atoms in total. The van der Waals surface area contributed by atoms with Crippen LogP contribution >= 0.6 is 0 Å². The Kier molecular flexibility index (Phi) is 6.93. The molecule has 0 aromatic heterocycles. The van der Waals surface area contributed by atoms with Crippen molar-refractivity contribution in [2.75, 3.05) is 11.9 Å². The molecule has 0 spiro atoms. The average molecular weight is 369 g/mol. The van der Waals surface area contributed by atoms with E-state index in [0.717, 1.165) is 0 Å². The van der Waals surface area contributed by atoms with E-state index in [2.05, 4.69) is 16.2 Å². The van der Waals surface area contributed by atoms with Gasteiger partial charge in [0, 0.05) is 23.7 Å². The highest BCUT2D eigenvalue weighted by molar-refractivity contribution is 5.99. The predicted octanol–water partition coefficient (Wildman–Crippen LogP) is 2.75. The summed E-state index contributed by atoms with van der Waals surface area (Å²) in [6, 6.07) is 13.0. The van der Waals surface area contributed by atoms with Crippen LogP contribution in [0.4, 0.5) is 5.69 Å². The molecule has 0 saturated heterocycles. The van der Waals surface area contributed by atoms with E-state index in [1.807, 2.05) is 13.8 Å². The van der Waals surface area contributed by atoms with Gasteiger partial charge in [0.1, 0.15) is 5.75 Å². The van der Waals surface area contributed by atoms with Crippen molar-refractivity contribution >= 4 is 23.4 Å². The minimum absolute atomic E-state index is 0.195. The van der Waals surface area contributed by atoms with Crippen molar-refractivity contribution in [2.24, 2.45) is 5.92 Å². The minimum Gasteiger partial charge on any atom is -0.493 e. The van der Waals surface area contributed by atoms with Gasteiger partial charge in [-0.1, -0.05) is 19.9 Å². The summed E-state index contributed by atoms with van der Waals surface area (Å²) >= 11 is 0. The third kappa shape index (κ3) is 6.47. The van der Waals surface area contributed by atoms with Gasteiger partial charge in [-0.25, -0.2) is 0 Å². The Morgan fingerprint density at radius 3 is 2.15 bits per heavy atom. The molecule has 0 aliphatic rings. The first-order valence-electron chi connectivity index (χ1n) is 8.56. The van der Waals surface area contributed by atoms with E-state index in [-0.39, 0.29) is 5.91 Å². The molecule has 3 N–H and O–H groups in total. The van der Waals surface area contributed by atoms with Crippen LogP contribution in [0.25, 0.3) is 0 Å². The molecule has 0 atom stereocenters. The Bertz CT molecular complexity index is 816. The van der Waals surface area contributed by atoms with Crippen LogP contribution in [0.3, 0.4) is 0 Å². The van der Waals surface area contributed by atoms with E-state index in [4.69, 9.17) is 4.74 Å². The summed E-state index contributed by atoms with van der Waals surface area (Å²) in [7, 11) is 0. The van der Waals surface area contributed by atoms with Crippen LogP contribution in [0, 0.1) is 5.92 Å². The second-order valence-electron chi connectivity index (χ2n) is 6.40. The van der Waals surface area contributed by atoms with E-state index < -0.39 is 11.8 Å². The molecule has 3 amide bonds. The maximum atomic E-state index is 12.2. The molecule has 142 valence electrons.